The van der Waals surface area contributed by atoms with Gasteiger partial charge in [0.05, 0.1) is 18.2 Å². The summed E-state index contributed by atoms with van der Waals surface area (Å²) in [5.74, 6) is -0.0872. The van der Waals surface area contributed by atoms with Crippen LogP contribution in [0, 0.1) is 0 Å². The Kier molecular flexibility index (Phi) is 6.07. The molecule has 0 spiro atoms. The smallest absolute Gasteiger partial charge is 0.393 e. The molecule has 0 aromatic carbocycles. The fourth-order valence-corrected chi connectivity index (χ4v) is 5.69. The number of pyridine rings is 1. The maximum Gasteiger partial charge on any atom is 0.419 e. The maximum absolute atomic E-state index is 13.8. The Labute approximate surface area is 200 Å². The molecular weight excluding hydrogens is 473 g/mol. The summed E-state index contributed by atoms with van der Waals surface area (Å²) in [6.45, 7) is 2.13. The number of amides is 1. The molecule has 3 fully saturated rings. The number of carbonyl (C=O) groups is 1. The number of piperazine rings is 1. The van der Waals surface area contributed by atoms with E-state index < -0.39 is 18.0 Å². The third-order valence-electron chi connectivity index (χ3n) is 7.31. The van der Waals surface area contributed by atoms with Gasteiger partial charge in [0.2, 0.25) is 5.91 Å². The number of aliphatic hydroxyl groups excluding tert-OH is 2. The molecule has 7 nitrogen and oxygen atoms in total. The summed E-state index contributed by atoms with van der Waals surface area (Å²) in [5, 5.41) is 20.7. The van der Waals surface area contributed by atoms with E-state index in [1.807, 2.05) is 11.8 Å². The van der Waals surface area contributed by atoms with Crippen LogP contribution in [-0.2, 0) is 11.0 Å². The van der Waals surface area contributed by atoms with Gasteiger partial charge in [0.25, 0.3) is 0 Å². The zero-order valence-electron chi connectivity index (χ0n) is 18.8. The van der Waals surface area contributed by atoms with Gasteiger partial charge in [-0.1, -0.05) is 11.6 Å². The predicted molar refractivity (Wildman–Crippen MR) is 118 cm³/mol. The van der Waals surface area contributed by atoms with Gasteiger partial charge >= 0.3 is 6.18 Å². The number of hydrogen-bond acceptors (Lipinski definition) is 5. The SMILES string of the molecule is CC1CN(C(O)c2nc3c(C(F)(F)F)cc(C4CC4)cn3c2Cl)CC(=O)N1C1CCC(O)CC1. The van der Waals surface area contributed by atoms with Crippen LogP contribution in [0.25, 0.3) is 5.65 Å². The van der Waals surface area contributed by atoms with Crippen molar-refractivity contribution < 1.29 is 28.2 Å². The fraction of sp³-hybridized carbons (Fsp3) is 0.652. The Morgan fingerprint density at radius 3 is 2.44 bits per heavy atom. The highest BCUT2D eigenvalue weighted by atomic mass is 35.5. The van der Waals surface area contributed by atoms with Gasteiger partial charge in [0.15, 0.2) is 11.9 Å². The summed E-state index contributed by atoms with van der Waals surface area (Å²) >= 11 is 6.45. The van der Waals surface area contributed by atoms with Gasteiger partial charge in [-0.2, -0.15) is 13.2 Å². The highest BCUT2D eigenvalue weighted by molar-refractivity contribution is 6.30. The molecule has 2 aromatic rings. The predicted octanol–water partition coefficient (Wildman–Crippen LogP) is 3.71. The van der Waals surface area contributed by atoms with Crippen molar-refractivity contribution in [1.82, 2.24) is 19.2 Å². The molecule has 186 valence electrons. The standard InChI is InChI=1S/C23H28ClF3N4O3/c1-12-9-29(11-18(33)31(12)15-4-6-16(32)7-5-15)22(34)19-20(24)30-10-14(13-2-3-13)8-17(21(30)28-19)23(25,26)27/h8,10,12-13,15-16,22,32,34H,2-7,9,11H2,1H3. The van der Waals surface area contributed by atoms with E-state index in [2.05, 4.69) is 4.98 Å². The van der Waals surface area contributed by atoms with Crippen LogP contribution in [-0.4, -0.2) is 66.6 Å². The summed E-state index contributed by atoms with van der Waals surface area (Å²) < 4.78 is 42.6. The maximum atomic E-state index is 13.8. The van der Waals surface area contributed by atoms with Crippen molar-refractivity contribution in [1.29, 1.82) is 0 Å². The van der Waals surface area contributed by atoms with E-state index >= 15 is 0 Å². The minimum absolute atomic E-state index is 0.0409. The summed E-state index contributed by atoms with van der Waals surface area (Å²) in [5.41, 5.74) is -0.773. The molecule has 2 saturated carbocycles. The van der Waals surface area contributed by atoms with E-state index in [0.717, 1.165) is 31.7 Å². The van der Waals surface area contributed by atoms with Crippen LogP contribution >= 0.6 is 11.6 Å². The number of fused-ring (bicyclic) bond motifs is 1. The lowest BCUT2D eigenvalue weighted by molar-refractivity contribution is -0.151. The van der Waals surface area contributed by atoms with E-state index in [1.165, 1.54) is 9.30 Å². The minimum Gasteiger partial charge on any atom is -0.393 e. The Morgan fingerprint density at radius 2 is 1.85 bits per heavy atom. The highest BCUT2D eigenvalue weighted by Gasteiger charge is 2.41. The van der Waals surface area contributed by atoms with Crippen LogP contribution in [0.2, 0.25) is 5.15 Å². The van der Waals surface area contributed by atoms with E-state index in [1.54, 1.807) is 6.20 Å². The lowest BCUT2D eigenvalue weighted by atomic mass is 9.90. The zero-order valence-corrected chi connectivity index (χ0v) is 19.6. The Hall–Kier alpha value is -1.88. The average Bonchev–Trinajstić information content (AvgIpc) is 3.57. The molecule has 2 aliphatic carbocycles. The number of aliphatic hydroxyl groups is 2. The van der Waals surface area contributed by atoms with Gasteiger partial charge < -0.3 is 15.1 Å². The molecule has 2 atom stereocenters. The topological polar surface area (TPSA) is 81.3 Å². The molecule has 2 aromatic heterocycles. The van der Waals surface area contributed by atoms with E-state index in [-0.39, 0.29) is 53.1 Å². The molecule has 2 N–H and O–H groups in total. The molecule has 3 aliphatic rings. The summed E-state index contributed by atoms with van der Waals surface area (Å²) in [7, 11) is 0. The van der Waals surface area contributed by atoms with Crippen molar-refractivity contribution in [2.24, 2.45) is 0 Å². The highest BCUT2D eigenvalue weighted by Crippen LogP contribution is 2.44. The fourth-order valence-electron chi connectivity index (χ4n) is 5.42. The molecule has 0 bridgehead atoms. The van der Waals surface area contributed by atoms with Crippen LogP contribution in [0.1, 0.15) is 74.4 Å². The second kappa shape index (κ2) is 8.65. The van der Waals surface area contributed by atoms with Crippen LogP contribution < -0.4 is 0 Å². The third kappa shape index (κ3) is 4.29. The van der Waals surface area contributed by atoms with Gasteiger partial charge in [-0.05, 0) is 63.0 Å². The molecule has 34 heavy (non-hydrogen) atoms. The molecule has 1 saturated heterocycles. The quantitative estimate of drug-likeness (QED) is 0.669. The number of aromatic nitrogens is 2. The molecule has 1 amide bonds. The van der Waals surface area contributed by atoms with Crippen LogP contribution in [0.5, 0.6) is 0 Å². The number of carbonyl (C=O) groups excluding carboxylic acids is 1. The molecule has 0 radical (unpaired) electrons. The molecule has 2 unspecified atom stereocenters. The zero-order chi connectivity index (χ0) is 24.4. The first kappa shape index (κ1) is 23.8. The summed E-state index contributed by atoms with van der Waals surface area (Å²) in [6, 6.07) is 0.955. The first-order valence-corrected chi connectivity index (χ1v) is 12.1. The third-order valence-corrected chi connectivity index (χ3v) is 7.69. The largest absolute Gasteiger partial charge is 0.419 e. The van der Waals surface area contributed by atoms with Gasteiger partial charge in [-0.15, -0.1) is 0 Å². The molecular formula is C23H28ClF3N4O3. The van der Waals surface area contributed by atoms with Crippen LogP contribution in [0.3, 0.4) is 0 Å². The van der Waals surface area contributed by atoms with Gasteiger partial charge in [-0.3, -0.25) is 14.1 Å². The number of halogens is 4. The van der Waals surface area contributed by atoms with Gasteiger partial charge in [0.1, 0.15) is 10.8 Å². The molecule has 3 heterocycles. The van der Waals surface area contributed by atoms with Crippen LogP contribution in [0.4, 0.5) is 13.2 Å². The molecule has 5 rings (SSSR count). The number of alkyl halides is 3. The van der Waals surface area contributed by atoms with Crippen molar-refractivity contribution in [2.75, 3.05) is 13.1 Å². The minimum atomic E-state index is -4.62. The Morgan fingerprint density at radius 1 is 1.18 bits per heavy atom. The van der Waals surface area contributed by atoms with Crippen molar-refractivity contribution >= 4 is 23.2 Å². The van der Waals surface area contributed by atoms with Gasteiger partial charge in [-0.25, -0.2) is 4.98 Å². The van der Waals surface area contributed by atoms with Crippen molar-refractivity contribution in [3.8, 4) is 0 Å². The van der Waals surface area contributed by atoms with Crippen molar-refractivity contribution in [3.63, 3.8) is 0 Å². The second-order valence-electron chi connectivity index (χ2n) is 9.86. The van der Waals surface area contributed by atoms with Crippen LogP contribution in [0.15, 0.2) is 12.3 Å². The monoisotopic (exact) mass is 500 g/mol. The second-order valence-corrected chi connectivity index (χ2v) is 10.2. The molecule has 1 aliphatic heterocycles. The Bertz CT molecular complexity index is 1100. The number of hydrogen-bond donors (Lipinski definition) is 2. The number of nitrogens with zero attached hydrogens (tertiary/aromatic N) is 4. The normalized spacial score (nSPS) is 28.0. The first-order valence-electron chi connectivity index (χ1n) is 11.7. The number of rotatable bonds is 4. The number of imidazole rings is 1. The first-order chi connectivity index (χ1) is 16.0. The van der Waals surface area contributed by atoms with Crippen molar-refractivity contribution in [3.05, 3.63) is 34.2 Å². The van der Waals surface area contributed by atoms with Crippen molar-refractivity contribution in [2.45, 2.75) is 82.0 Å². The lowest BCUT2D eigenvalue weighted by Gasteiger charge is -2.46. The summed E-state index contributed by atoms with van der Waals surface area (Å²) in [6.07, 6.45) is -0.399. The van der Waals surface area contributed by atoms with E-state index in [9.17, 15) is 28.2 Å². The lowest BCUT2D eigenvalue weighted by Crippen LogP contribution is -2.59. The molecule has 11 heteroatoms. The average molecular weight is 501 g/mol. The Balaban J connectivity index is 1.42. The summed E-state index contributed by atoms with van der Waals surface area (Å²) in [4.78, 5) is 20.4. The van der Waals surface area contributed by atoms with E-state index in [4.69, 9.17) is 11.6 Å². The van der Waals surface area contributed by atoms with Gasteiger partial charge in [0, 0.05) is 24.8 Å². The van der Waals surface area contributed by atoms with E-state index in [0.29, 0.717) is 24.9 Å².